The first-order valence-electron chi connectivity index (χ1n) is 5.33. The van der Waals surface area contributed by atoms with Crippen LogP contribution in [0.15, 0.2) is 11.6 Å². The van der Waals surface area contributed by atoms with Gasteiger partial charge in [-0.25, -0.2) is 0 Å². The molecular formula is C12H20O3. The molecule has 0 aliphatic heterocycles. The highest BCUT2D eigenvalue weighted by atomic mass is 16.5. The highest BCUT2D eigenvalue weighted by Gasteiger charge is 1.98. The Morgan fingerprint density at radius 2 is 1.73 bits per heavy atom. The highest BCUT2D eigenvalue weighted by molar-refractivity contribution is 5.90. The van der Waals surface area contributed by atoms with Crippen LogP contribution in [0.25, 0.3) is 0 Å². The zero-order chi connectivity index (χ0) is 11.7. The molecule has 0 aliphatic rings. The second-order valence-corrected chi connectivity index (χ2v) is 3.84. The van der Waals surface area contributed by atoms with Gasteiger partial charge in [0.25, 0.3) is 0 Å². The second-order valence-electron chi connectivity index (χ2n) is 3.84. The maximum absolute atomic E-state index is 11.2. The minimum Gasteiger partial charge on any atom is -0.466 e. The van der Waals surface area contributed by atoms with Crippen molar-refractivity contribution in [2.24, 2.45) is 0 Å². The lowest BCUT2D eigenvalue weighted by molar-refractivity contribution is -0.141. The molecule has 0 rings (SSSR count). The van der Waals surface area contributed by atoms with Crippen LogP contribution >= 0.6 is 0 Å². The SMILES string of the molecule is CC(=O)OCCCCCC(=O)C=C(C)C. The summed E-state index contributed by atoms with van der Waals surface area (Å²) in [4.78, 5) is 21.7. The molecule has 3 nitrogen and oxygen atoms in total. The van der Waals surface area contributed by atoms with E-state index in [1.807, 2.05) is 13.8 Å². The minimum absolute atomic E-state index is 0.183. The van der Waals surface area contributed by atoms with Crippen molar-refractivity contribution in [3.8, 4) is 0 Å². The van der Waals surface area contributed by atoms with Crippen LogP contribution in [0.1, 0.15) is 46.5 Å². The van der Waals surface area contributed by atoms with Crippen LogP contribution < -0.4 is 0 Å². The van der Waals surface area contributed by atoms with Gasteiger partial charge in [0.05, 0.1) is 6.61 Å². The largest absolute Gasteiger partial charge is 0.466 e. The molecule has 0 spiro atoms. The van der Waals surface area contributed by atoms with Crippen molar-refractivity contribution in [1.82, 2.24) is 0 Å². The fourth-order valence-corrected chi connectivity index (χ4v) is 1.19. The van der Waals surface area contributed by atoms with Gasteiger partial charge >= 0.3 is 5.97 Å². The first-order chi connectivity index (χ1) is 7.02. The van der Waals surface area contributed by atoms with Gasteiger partial charge in [-0.15, -0.1) is 0 Å². The fraction of sp³-hybridized carbons (Fsp3) is 0.667. The van der Waals surface area contributed by atoms with Crippen LogP contribution in [0.5, 0.6) is 0 Å². The van der Waals surface area contributed by atoms with Crippen LogP contribution in [0, 0.1) is 0 Å². The Morgan fingerprint density at radius 3 is 2.27 bits per heavy atom. The van der Waals surface area contributed by atoms with Crippen molar-refractivity contribution < 1.29 is 14.3 Å². The lowest BCUT2D eigenvalue weighted by atomic mass is 10.1. The first-order valence-corrected chi connectivity index (χ1v) is 5.33. The normalized spacial score (nSPS) is 9.53. The summed E-state index contributed by atoms with van der Waals surface area (Å²) in [6.07, 6.45) is 4.89. The van der Waals surface area contributed by atoms with Gasteiger partial charge in [0.15, 0.2) is 5.78 Å². The molecule has 0 radical (unpaired) electrons. The lowest BCUT2D eigenvalue weighted by Crippen LogP contribution is -2.00. The summed E-state index contributed by atoms with van der Waals surface area (Å²) in [6, 6.07) is 0. The third kappa shape index (κ3) is 10.8. The molecular weight excluding hydrogens is 192 g/mol. The van der Waals surface area contributed by atoms with Gasteiger partial charge < -0.3 is 4.74 Å². The van der Waals surface area contributed by atoms with E-state index < -0.39 is 0 Å². The first kappa shape index (κ1) is 13.9. The summed E-state index contributed by atoms with van der Waals surface area (Å²) in [6.45, 7) is 5.70. The third-order valence-corrected chi connectivity index (χ3v) is 1.82. The summed E-state index contributed by atoms with van der Waals surface area (Å²) in [7, 11) is 0. The Bertz CT molecular complexity index is 237. The van der Waals surface area contributed by atoms with Gasteiger partial charge in [-0.2, -0.15) is 0 Å². The molecule has 0 saturated carbocycles. The molecule has 0 fully saturated rings. The molecule has 0 bridgehead atoms. The zero-order valence-electron chi connectivity index (χ0n) is 9.84. The molecule has 0 amide bonds. The predicted octanol–water partition coefficient (Wildman–Crippen LogP) is 2.65. The van der Waals surface area contributed by atoms with Crippen molar-refractivity contribution in [3.63, 3.8) is 0 Å². The van der Waals surface area contributed by atoms with Crippen LogP contribution in [-0.2, 0) is 14.3 Å². The summed E-state index contributed by atoms with van der Waals surface area (Å²) >= 11 is 0. The van der Waals surface area contributed by atoms with Crippen molar-refractivity contribution >= 4 is 11.8 Å². The van der Waals surface area contributed by atoms with E-state index in [0.717, 1.165) is 24.8 Å². The van der Waals surface area contributed by atoms with Gasteiger partial charge in [0.1, 0.15) is 0 Å². The molecule has 0 heterocycles. The molecule has 15 heavy (non-hydrogen) atoms. The molecule has 86 valence electrons. The van der Waals surface area contributed by atoms with Gasteiger partial charge in [-0.05, 0) is 39.2 Å². The van der Waals surface area contributed by atoms with E-state index in [2.05, 4.69) is 0 Å². The van der Waals surface area contributed by atoms with Crippen molar-refractivity contribution in [2.75, 3.05) is 6.61 Å². The number of ketones is 1. The molecule has 0 aromatic rings. The number of carbonyl (C=O) groups excluding carboxylic acids is 2. The molecule has 3 heteroatoms. The number of ether oxygens (including phenoxy) is 1. The van der Waals surface area contributed by atoms with E-state index in [-0.39, 0.29) is 11.8 Å². The Morgan fingerprint density at radius 1 is 1.07 bits per heavy atom. The fourth-order valence-electron chi connectivity index (χ4n) is 1.19. The molecule has 0 saturated heterocycles. The summed E-state index contributed by atoms with van der Waals surface area (Å²) in [5.41, 5.74) is 1.04. The Hall–Kier alpha value is -1.12. The Kier molecular flexibility index (Phi) is 7.60. The number of unbranched alkanes of at least 4 members (excludes halogenated alkanes) is 2. The quantitative estimate of drug-likeness (QED) is 0.370. The van der Waals surface area contributed by atoms with E-state index >= 15 is 0 Å². The second kappa shape index (κ2) is 8.21. The number of esters is 1. The van der Waals surface area contributed by atoms with Crippen LogP contribution in [0.4, 0.5) is 0 Å². The number of hydrogen-bond acceptors (Lipinski definition) is 3. The summed E-state index contributed by atoms with van der Waals surface area (Å²) in [5, 5.41) is 0. The minimum atomic E-state index is -0.240. The van der Waals surface area contributed by atoms with Gasteiger partial charge in [-0.1, -0.05) is 5.57 Å². The average molecular weight is 212 g/mol. The summed E-state index contributed by atoms with van der Waals surface area (Å²) in [5.74, 6) is -0.0573. The Balaban J connectivity index is 3.35. The zero-order valence-corrected chi connectivity index (χ0v) is 9.84. The molecule has 0 N–H and O–H groups in total. The maximum Gasteiger partial charge on any atom is 0.302 e. The van der Waals surface area contributed by atoms with E-state index in [0.29, 0.717) is 13.0 Å². The smallest absolute Gasteiger partial charge is 0.302 e. The van der Waals surface area contributed by atoms with Crippen LogP contribution in [-0.4, -0.2) is 18.4 Å². The molecule has 0 aromatic heterocycles. The van der Waals surface area contributed by atoms with Crippen LogP contribution in [0.2, 0.25) is 0 Å². The average Bonchev–Trinajstić information content (AvgIpc) is 2.09. The van der Waals surface area contributed by atoms with E-state index in [9.17, 15) is 9.59 Å². The maximum atomic E-state index is 11.2. The van der Waals surface area contributed by atoms with Crippen molar-refractivity contribution in [3.05, 3.63) is 11.6 Å². The van der Waals surface area contributed by atoms with Gasteiger partial charge in [-0.3, -0.25) is 9.59 Å². The van der Waals surface area contributed by atoms with Gasteiger partial charge in [0.2, 0.25) is 0 Å². The summed E-state index contributed by atoms with van der Waals surface area (Å²) < 4.78 is 4.78. The molecule has 0 atom stereocenters. The molecule has 0 aromatic carbocycles. The van der Waals surface area contributed by atoms with Crippen molar-refractivity contribution in [1.29, 1.82) is 0 Å². The standard InChI is InChI=1S/C12H20O3/c1-10(2)9-12(14)7-5-4-6-8-15-11(3)13/h9H,4-8H2,1-3H3. The predicted molar refractivity (Wildman–Crippen MR) is 59.5 cm³/mol. The highest BCUT2D eigenvalue weighted by Crippen LogP contribution is 2.03. The van der Waals surface area contributed by atoms with E-state index in [4.69, 9.17) is 4.74 Å². The third-order valence-electron chi connectivity index (χ3n) is 1.82. The lowest BCUT2D eigenvalue weighted by Gasteiger charge is -2.00. The number of hydrogen-bond donors (Lipinski definition) is 0. The monoisotopic (exact) mass is 212 g/mol. The topological polar surface area (TPSA) is 43.4 Å². The van der Waals surface area contributed by atoms with E-state index in [1.54, 1.807) is 6.08 Å². The molecule has 0 unspecified atom stereocenters. The van der Waals surface area contributed by atoms with Gasteiger partial charge in [0, 0.05) is 13.3 Å². The van der Waals surface area contributed by atoms with Crippen LogP contribution in [0.3, 0.4) is 0 Å². The number of rotatable bonds is 7. The molecule has 0 aliphatic carbocycles. The van der Waals surface area contributed by atoms with E-state index in [1.165, 1.54) is 6.92 Å². The van der Waals surface area contributed by atoms with Crippen molar-refractivity contribution in [2.45, 2.75) is 46.5 Å². The number of allylic oxidation sites excluding steroid dienone is 2. The number of carbonyl (C=O) groups is 2. The Labute approximate surface area is 91.5 Å².